The topological polar surface area (TPSA) is 45.2 Å². The van der Waals surface area contributed by atoms with E-state index in [-0.39, 0.29) is 6.03 Å². The summed E-state index contributed by atoms with van der Waals surface area (Å²) < 4.78 is 0.898. The Bertz CT molecular complexity index is 953. The molecule has 1 aromatic heterocycles. The SMILES string of the molecule is O=C(Nc1cccc(Br)c1)N(CCc1ccc(Cl)cc1Cl)Cc1ccccn1. The number of nitrogens with zero attached hydrogens (tertiary/aromatic N) is 2. The summed E-state index contributed by atoms with van der Waals surface area (Å²) in [5.41, 5.74) is 2.47. The molecule has 0 radical (unpaired) electrons. The summed E-state index contributed by atoms with van der Waals surface area (Å²) >= 11 is 15.7. The molecule has 1 N–H and O–H groups in total. The number of halogens is 3. The maximum absolute atomic E-state index is 12.9. The van der Waals surface area contributed by atoms with E-state index < -0.39 is 0 Å². The Morgan fingerprint density at radius 1 is 1.07 bits per heavy atom. The van der Waals surface area contributed by atoms with Crippen LogP contribution in [0, 0.1) is 0 Å². The average molecular weight is 479 g/mol. The molecule has 28 heavy (non-hydrogen) atoms. The number of aromatic nitrogens is 1. The number of benzene rings is 2. The number of nitrogens with one attached hydrogen (secondary N) is 1. The maximum Gasteiger partial charge on any atom is 0.322 e. The van der Waals surface area contributed by atoms with Crippen molar-refractivity contribution >= 4 is 50.9 Å². The van der Waals surface area contributed by atoms with Crippen LogP contribution in [-0.2, 0) is 13.0 Å². The second-order valence-corrected chi connectivity index (χ2v) is 7.93. The molecule has 144 valence electrons. The molecule has 4 nitrogen and oxygen atoms in total. The minimum absolute atomic E-state index is 0.200. The van der Waals surface area contributed by atoms with Crippen molar-refractivity contribution in [1.82, 2.24) is 9.88 Å². The highest BCUT2D eigenvalue weighted by molar-refractivity contribution is 9.10. The summed E-state index contributed by atoms with van der Waals surface area (Å²) in [5.74, 6) is 0. The van der Waals surface area contributed by atoms with Gasteiger partial charge in [-0.25, -0.2) is 4.79 Å². The van der Waals surface area contributed by atoms with Crippen molar-refractivity contribution < 1.29 is 4.79 Å². The highest BCUT2D eigenvalue weighted by Gasteiger charge is 2.16. The van der Waals surface area contributed by atoms with E-state index in [0.717, 1.165) is 21.4 Å². The molecule has 0 unspecified atom stereocenters. The van der Waals surface area contributed by atoms with Gasteiger partial charge in [-0.15, -0.1) is 0 Å². The van der Waals surface area contributed by atoms with Crippen LogP contribution >= 0.6 is 39.1 Å². The van der Waals surface area contributed by atoms with Crippen molar-refractivity contribution in [3.05, 3.63) is 92.6 Å². The van der Waals surface area contributed by atoms with E-state index in [4.69, 9.17) is 23.2 Å². The third-order valence-electron chi connectivity index (χ3n) is 4.11. The molecular weight excluding hydrogens is 461 g/mol. The van der Waals surface area contributed by atoms with Gasteiger partial charge in [0.2, 0.25) is 0 Å². The van der Waals surface area contributed by atoms with Crippen molar-refractivity contribution in [2.45, 2.75) is 13.0 Å². The van der Waals surface area contributed by atoms with E-state index in [2.05, 4.69) is 26.2 Å². The number of rotatable bonds is 6. The standard InChI is InChI=1S/C21H18BrCl2N3O/c22-16-4-3-6-18(12-16)26-21(28)27(14-19-5-1-2-10-25-19)11-9-15-7-8-17(23)13-20(15)24/h1-8,10,12-13H,9,11,14H2,(H,26,28). The van der Waals surface area contributed by atoms with Gasteiger partial charge in [0.15, 0.2) is 0 Å². The van der Waals surface area contributed by atoms with Gasteiger partial charge in [-0.3, -0.25) is 4.98 Å². The summed E-state index contributed by atoms with van der Waals surface area (Å²) in [6.07, 6.45) is 2.32. The van der Waals surface area contributed by atoms with Crippen molar-refractivity contribution in [2.75, 3.05) is 11.9 Å². The van der Waals surface area contributed by atoms with Gasteiger partial charge in [0, 0.05) is 32.9 Å². The Morgan fingerprint density at radius 3 is 2.64 bits per heavy atom. The fraction of sp³-hybridized carbons (Fsp3) is 0.143. The summed E-state index contributed by atoms with van der Waals surface area (Å²) in [6, 6.07) is 18.3. The van der Waals surface area contributed by atoms with E-state index >= 15 is 0 Å². The Labute approximate surface area is 182 Å². The molecule has 2 aromatic carbocycles. The largest absolute Gasteiger partial charge is 0.322 e. The van der Waals surface area contributed by atoms with Crippen LogP contribution in [0.4, 0.5) is 10.5 Å². The van der Waals surface area contributed by atoms with E-state index in [1.54, 1.807) is 23.2 Å². The number of amides is 2. The number of carbonyl (C=O) groups excluding carboxylic acids is 1. The summed E-state index contributed by atoms with van der Waals surface area (Å²) in [4.78, 5) is 19.0. The van der Waals surface area contributed by atoms with Crippen LogP contribution in [0.2, 0.25) is 10.0 Å². The van der Waals surface area contributed by atoms with Crippen LogP contribution in [0.25, 0.3) is 0 Å². The normalized spacial score (nSPS) is 10.5. The zero-order valence-corrected chi connectivity index (χ0v) is 18.0. The number of pyridine rings is 1. The van der Waals surface area contributed by atoms with Crippen LogP contribution in [0.5, 0.6) is 0 Å². The molecule has 0 saturated heterocycles. The Morgan fingerprint density at radius 2 is 1.93 bits per heavy atom. The van der Waals surface area contributed by atoms with E-state index in [1.165, 1.54) is 0 Å². The first-order valence-corrected chi connectivity index (χ1v) is 10.2. The lowest BCUT2D eigenvalue weighted by molar-refractivity contribution is 0.209. The zero-order valence-electron chi connectivity index (χ0n) is 14.9. The molecule has 3 aromatic rings. The second kappa shape index (κ2) is 9.92. The molecule has 0 aliphatic rings. The Balaban J connectivity index is 1.74. The number of hydrogen-bond acceptors (Lipinski definition) is 2. The van der Waals surface area contributed by atoms with Gasteiger partial charge >= 0.3 is 6.03 Å². The first kappa shape index (κ1) is 20.6. The van der Waals surface area contributed by atoms with E-state index in [1.807, 2.05) is 48.5 Å². The second-order valence-electron chi connectivity index (χ2n) is 6.17. The van der Waals surface area contributed by atoms with Crippen molar-refractivity contribution in [3.63, 3.8) is 0 Å². The van der Waals surface area contributed by atoms with Gasteiger partial charge in [0.1, 0.15) is 0 Å². The summed E-state index contributed by atoms with van der Waals surface area (Å²) in [7, 11) is 0. The molecule has 0 aliphatic heterocycles. The molecule has 0 aliphatic carbocycles. The van der Waals surface area contributed by atoms with E-state index in [0.29, 0.717) is 29.6 Å². The van der Waals surface area contributed by atoms with Gasteiger partial charge in [-0.1, -0.05) is 57.3 Å². The molecule has 0 spiro atoms. The third-order valence-corrected chi connectivity index (χ3v) is 5.19. The zero-order chi connectivity index (χ0) is 19.9. The lowest BCUT2D eigenvalue weighted by Crippen LogP contribution is -2.36. The first-order valence-electron chi connectivity index (χ1n) is 8.66. The fourth-order valence-corrected chi connectivity index (χ4v) is 3.59. The van der Waals surface area contributed by atoms with Crippen LogP contribution in [0.1, 0.15) is 11.3 Å². The molecule has 0 saturated carbocycles. The maximum atomic E-state index is 12.9. The molecular formula is C21H18BrCl2N3O. The minimum Gasteiger partial charge on any atom is -0.318 e. The van der Waals surface area contributed by atoms with Gasteiger partial charge in [-0.2, -0.15) is 0 Å². The van der Waals surface area contributed by atoms with Gasteiger partial charge < -0.3 is 10.2 Å². The Kier molecular flexibility index (Phi) is 7.31. The van der Waals surface area contributed by atoms with Gasteiger partial charge in [0.05, 0.1) is 12.2 Å². The van der Waals surface area contributed by atoms with Crippen LogP contribution in [0.3, 0.4) is 0 Å². The van der Waals surface area contributed by atoms with Crippen molar-refractivity contribution in [1.29, 1.82) is 0 Å². The quantitative estimate of drug-likeness (QED) is 0.443. The van der Waals surface area contributed by atoms with Crippen LogP contribution in [0.15, 0.2) is 71.3 Å². The lowest BCUT2D eigenvalue weighted by atomic mass is 10.1. The molecule has 1 heterocycles. The number of carbonyl (C=O) groups is 1. The molecule has 0 atom stereocenters. The molecule has 3 rings (SSSR count). The summed E-state index contributed by atoms with van der Waals surface area (Å²) in [5, 5.41) is 4.12. The molecule has 0 bridgehead atoms. The number of urea groups is 1. The monoisotopic (exact) mass is 477 g/mol. The number of anilines is 1. The summed E-state index contributed by atoms with van der Waals surface area (Å²) in [6.45, 7) is 0.879. The smallest absolute Gasteiger partial charge is 0.318 e. The molecule has 0 fully saturated rings. The minimum atomic E-state index is -0.200. The van der Waals surface area contributed by atoms with E-state index in [9.17, 15) is 4.79 Å². The predicted molar refractivity (Wildman–Crippen MR) is 118 cm³/mol. The highest BCUT2D eigenvalue weighted by Crippen LogP contribution is 2.22. The first-order chi connectivity index (χ1) is 13.5. The fourth-order valence-electron chi connectivity index (χ4n) is 2.69. The number of hydrogen-bond donors (Lipinski definition) is 1. The lowest BCUT2D eigenvalue weighted by Gasteiger charge is -2.23. The van der Waals surface area contributed by atoms with Gasteiger partial charge in [-0.05, 0) is 54.4 Å². The van der Waals surface area contributed by atoms with Crippen molar-refractivity contribution in [2.24, 2.45) is 0 Å². The Hall–Kier alpha value is -2.08. The highest BCUT2D eigenvalue weighted by atomic mass is 79.9. The van der Waals surface area contributed by atoms with Crippen LogP contribution < -0.4 is 5.32 Å². The van der Waals surface area contributed by atoms with Crippen LogP contribution in [-0.4, -0.2) is 22.5 Å². The predicted octanol–water partition coefficient (Wildman–Crippen LogP) is 6.43. The third kappa shape index (κ3) is 5.96. The van der Waals surface area contributed by atoms with Crippen molar-refractivity contribution in [3.8, 4) is 0 Å². The average Bonchev–Trinajstić information content (AvgIpc) is 2.67. The van der Waals surface area contributed by atoms with Gasteiger partial charge in [0.25, 0.3) is 0 Å². The molecule has 7 heteroatoms. The molecule has 2 amide bonds.